The number of aryl methyl sites for hydroxylation is 2. The van der Waals surface area contributed by atoms with Gasteiger partial charge in [-0.15, -0.1) is 0 Å². The summed E-state index contributed by atoms with van der Waals surface area (Å²) in [6, 6.07) is 6.13. The summed E-state index contributed by atoms with van der Waals surface area (Å²) in [5.41, 5.74) is 3.53. The van der Waals surface area contributed by atoms with Crippen molar-refractivity contribution in [2.45, 2.75) is 44.6 Å². The van der Waals surface area contributed by atoms with Crippen LogP contribution < -0.4 is 0 Å². The van der Waals surface area contributed by atoms with Crippen LogP contribution in [0.1, 0.15) is 47.2 Å². The summed E-state index contributed by atoms with van der Waals surface area (Å²) in [6.07, 6.45) is 6.53. The van der Waals surface area contributed by atoms with Crippen LogP contribution in [0.4, 0.5) is 0 Å². The number of aliphatic hydroxyl groups excluding tert-OH is 1. The van der Waals surface area contributed by atoms with E-state index in [0.29, 0.717) is 0 Å². The fraction of sp³-hybridized carbons (Fsp3) is 0.562. The van der Waals surface area contributed by atoms with E-state index in [0.717, 1.165) is 44.2 Å². The van der Waals surface area contributed by atoms with Crippen LogP contribution in [0.15, 0.2) is 18.2 Å². The van der Waals surface area contributed by atoms with Crippen LogP contribution in [0.3, 0.4) is 0 Å². The normalized spacial score (nSPS) is 22.4. The molecule has 1 saturated heterocycles. The van der Waals surface area contributed by atoms with Gasteiger partial charge in [0.2, 0.25) is 0 Å². The molecule has 0 spiro atoms. The van der Waals surface area contributed by atoms with Gasteiger partial charge in [0.15, 0.2) is 0 Å². The largest absolute Gasteiger partial charge is 0.394 e. The maximum absolute atomic E-state index is 12.6. The van der Waals surface area contributed by atoms with Crippen LogP contribution in [0.25, 0.3) is 0 Å². The number of aliphatic hydroxyl groups is 1. The van der Waals surface area contributed by atoms with E-state index >= 15 is 0 Å². The fourth-order valence-corrected chi connectivity index (χ4v) is 3.33. The van der Waals surface area contributed by atoms with Crippen molar-refractivity contribution in [1.29, 1.82) is 0 Å². The van der Waals surface area contributed by atoms with Crippen LogP contribution in [-0.2, 0) is 12.8 Å². The van der Waals surface area contributed by atoms with Gasteiger partial charge in [-0.25, -0.2) is 0 Å². The summed E-state index contributed by atoms with van der Waals surface area (Å²) in [6.45, 7) is 0.859. The topological polar surface area (TPSA) is 40.5 Å². The molecule has 0 radical (unpaired) electrons. The zero-order valence-electron chi connectivity index (χ0n) is 11.3. The molecule has 19 heavy (non-hydrogen) atoms. The molecule has 1 aliphatic carbocycles. The minimum absolute atomic E-state index is 0.00880. The van der Waals surface area contributed by atoms with E-state index in [2.05, 4.69) is 12.1 Å². The van der Waals surface area contributed by atoms with Crippen molar-refractivity contribution in [2.24, 2.45) is 0 Å². The number of benzene rings is 1. The lowest BCUT2D eigenvalue weighted by Gasteiger charge is -2.34. The Hall–Kier alpha value is -1.35. The highest BCUT2D eigenvalue weighted by molar-refractivity contribution is 5.94. The molecule has 1 amide bonds. The number of nitrogens with zero attached hydrogens (tertiary/aromatic N) is 1. The molecule has 0 aromatic heterocycles. The highest BCUT2D eigenvalue weighted by Gasteiger charge is 2.27. The van der Waals surface area contributed by atoms with E-state index in [9.17, 15) is 9.90 Å². The van der Waals surface area contributed by atoms with Crippen LogP contribution >= 0.6 is 0 Å². The summed E-state index contributed by atoms with van der Waals surface area (Å²) in [4.78, 5) is 14.4. The molecule has 3 rings (SSSR count). The zero-order chi connectivity index (χ0) is 13.2. The Morgan fingerprint density at radius 2 is 2.05 bits per heavy atom. The van der Waals surface area contributed by atoms with Crippen LogP contribution in [0, 0.1) is 0 Å². The van der Waals surface area contributed by atoms with Crippen molar-refractivity contribution in [3.63, 3.8) is 0 Å². The van der Waals surface area contributed by atoms with E-state index in [-0.39, 0.29) is 18.6 Å². The summed E-state index contributed by atoms with van der Waals surface area (Å²) >= 11 is 0. The van der Waals surface area contributed by atoms with E-state index in [1.165, 1.54) is 17.5 Å². The Bertz CT molecular complexity index is 484. The van der Waals surface area contributed by atoms with Gasteiger partial charge in [-0.2, -0.15) is 0 Å². The SMILES string of the molecule is O=C(c1ccc2c(c1)CCC2)N1CCCCC1CO. The van der Waals surface area contributed by atoms with E-state index in [4.69, 9.17) is 0 Å². The number of carbonyl (C=O) groups is 1. The number of hydrogen-bond donors (Lipinski definition) is 1. The Balaban J connectivity index is 1.82. The summed E-state index contributed by atoms with van der Waals surface area (Å²) in [5, 5.41) is 9.42. The van der Waals surface area contributed by atoms with E-state index < -0.39 is 0 Å². The zero-order valence-corrected chi connectivity index (χ0v) is 11.3. The van der Waals surface area contributed by atoms with Gasteiger partial charge in [-0.1, -0.05) is 6.07 Å². The lowest BCUT2D eigenvalue weighted by molar-refractivity contribution is 0.0503. The number of piperidine rings is 1. The molecule has 1 aromatic carbocycles. The molecule has 1 aromatic rings. The average molecular weight is 259 g/mol. The average Bonchev–Trinajstić information content (AvgIpc) is 2.93. The fourth-order valence-electron chi connectivity index (χ4n) is 3.33. The maximum Gasteiger partial charge on any atom is 0.254 e. The first-order chi connectivity index (χ1) is 9.29. The molecule has 3 heteroatoms. The Morgan fingerprint density at radius 3 is 2.89 bits per heavy atom. The second-order valence-corrected chi connectivity index (χ2v) is 5.67. The first-order valence-electron chi connectivity index (χ1n) is 7.33. The van der Waals surface area contributed by atoms with Crippen molar-refractivity contribution in [1.82, 2.24) is 4.90 Å². The van der Waals surface area contributed by atoms with Gasteiger partial charge in [0.05, 0.1) is 12.6 Å². The molecule has 1 unspecified atom stereocenters. The Kier molecular flexibility index (Phi) is 3.56. The summed E-state index contributed by atoms with van der Waals surface area (Å²) < 4.78 is 0. The number of likely N-dealkylation sites (tertiary alicyclic amines) is 1. The van der Waals surface area contributed by atoms with Crippen molar-refractivity contribution in [2.75, 3.05) is 13.2 Å². The minimum atomic E-state index is 0.00880. The molecule has 0 bridgehead atoms. The number of rotatable bonds is 2. The quantitative estimate of drug-likeness (QED) is 0.884. The molecular weight excluding hydrogens is 238 g/mol. The molecule has 1 heterocycles. The third-order valence-corrected chi connectivity index (χ3v) is 4.44. The predicted octanol–water partition coefficient (Wildman–Crippen LogP) is 2.16. The number of hydrogen-bond acceptors (Lipinski definition) is 2. The Labute approximate surface area is 114 Å². The standard InChI is InChI=1S/C16H21NO2/c18-11-15-6-1-2-9-17(15)16(19)14-8-7-12-4-3-5-13(12)10-14/h7-8,10,15,18H,1-6,9,11H2. The monoisotopic (exact) mass is 259 g/mol. The van der Waals surface area contributed by atoms with Gasteiger partial charge >= 0.3 is 0 Å². The first-order valence-corrected chi connectivity index (χ1v) is 7.33. The van der Waals surface area contributed by atoms with Crippen LogP contribution in [0.5, 0.6) is 0 Å². The van der Waals surface area contributed by atoms with Crippen molar-refractivity contribution in [3.05, 3.63) is 34.9 Å². The second-order valence-electron chi connectivity index (χ2n) is 5.67. The second kappa shape index (κ2) is 5.33. The van der Waals surface area contributed by atoms with Gasteiger partial charge in [-0.05, 0) is 61.8 Å². The van der Waals surface area contributed by atoms with Crippen molar-refractivity contribution in [3.8, 4) is 0 Å². The summed E-state index contributed by atoms with van der Waals surface area (Å²) in [5.74, 6) is 0.0912. The van der Waals surface area contributed by atoms with Gasteiger partial charge < -0.3 is 10.0 Å². The molecule has 1 aliphatic heterocycles. The number of amides is 1. The van der Waals surface area contributed by atoms with Crippen LogP contribution in [-0.4, -0.2) is 35.1 Å². The molecule has 1 atom stereocenters. The van der Waals surface area contributed by atoms with Crippen LogP contribution in [0.2, 0.25) is 0 Å². The van der Waals surface area contributed by atoms with Crippen molar-refractivity contribution >= 4 is 5.91 Å². The minimum Gasteiger partial charge on any atom is -0.394 e. The van der Waals surface area contributed by atoms with Gasteiger partial charge in [0, 0.05) is 12.1 Å². The molecule has 1 fully saturated rings. The predicted molar refractivity (Wildman–Crippen MR) is 74.2 cm³/mol. The molecule has 0 saturated carbocycles. The molecule has 102 valence electrons. The van der Waals surface area contributed by atoms with Crippen molar-refractivity contribution < 1.29 is 9.90 Å². The third-order valence-electron chi connectivity index (χ3n) is 4.44. The smallest absolute Gasteiger partial charge is 0.254 e. The first kappa shape index (κ1) is 12.7. The van der Waals surface area contributed by atoms with E-state index in [1.54, 1.807) is 0 Å². The van der Waals surface area contributed by atoms with Gasteiger partial charge in [-0.3, -0.25) is 4.79 Å². The number of carbonyl (C=O) groups excluding carboxylic acids is 1. The molecule has 1 N–H and O–H groups in total. The number of fused-ring (bicyclic) bond motifs is 1. The third kappa shape index (κ3) is 2.39. The van der Waals surface area contributed by atoms with E-state index in [1.807, 2.05) is 11.0 Å². The molecular formula is C16H21NO2. The molecule has 3 nitrogen and oxygen atoms in total. The lowest BCUT2D eigenvalue weighted by Crippen LogP contribution is -2.45. The highest BCUT2D eigenvalue weighted by Crippen LogP contribution is 2.25. The van der Waals surface area contributed by atoms with Gasteiger partial charge in [0.25, 0.3) is 5.91 Å². The van der Waals surface area contributed by atoms with Gasteiger partial charge in [0.1, 0.15) is 0 Å². The molecule has 2 aliphatic rings. The Morgan fingerprint density at radius 1 is 1.21 bits per heavy atom. The highest BCUT2D eigenvalue weighted by atomic mass is 16.3. The maximum atomic E-state index is 12.6. The summed E-state index contributed by atoms with van der Waals surface area (Å²) in [7, 11) is 0. The lowest BCUT2D eigenvalue weighted by atomic mass is 10.00.